The van der Waals surface area contributed by atoms with Gasteiger partial charge in [-0.2, -0.15) is 36.3 Å². The SMILES string of the molecule is CC.Cc1c(F)c(N)cc(-c2nc3c4c(nc(OCC5(C(O)C(F)(F)F)CC5)nc4c2F)NCCNCCC(C)O3)c1C(F)(F)F. The number of hydrogen-bond donors (Lipinski definition) is 4. The van der Waals surface area contributed by atoms with Gasteiger partial charge < -0.3 is 30.9 Å². The Morgan fingerprint density at radius 2 is 1.74 bits per heavy atom. The van der Waals surface area contributed by atoms with Crippen molar-refractivity contribution in [3.63, 3.8) is 0 Å². The number of nitrogens with zero attached hydrogens (tertiary/aromatic N) is 3. The number of benzene rings is 1. The van der Waals surface area contributed by atoms with E-state index >= 15 is 4.39 Å². The molecule has 3 aromatic rings. The van der Waals surface area contributed by atoms with E-state index in [2.05, 4.69) is 25.6 Å². The molecule has 9 nitrogen and oxygen atoms in total. The maximum Gasteiger partial charge on any atom is 0.417 e. The number of aromatic nitrogens is 3. The van der Waals surface area contributed by atoms with Crippen LogP contribution in [0, 0.1) is 24.0 Å². The molecule has 2 unspecified atom stereocenters. The number of anilines is 2. The fraction of sp³-hybridized carbons (Fsp3) is 0.552. The molecule has 17 heteroatoms. The number of alkyl halides is 6. The fourth-order valence-electron chi connectivity index (χ4n) is 5.11. The van der Waals surface area contributed by atoms with Gasteiger partial charge in [0.25, 0.3) is 0 Å². The van der Waals surface area contributed by atoms with Crippen LogP contribution in [-0.4, -0.2) is 64.7 Å². The first-order valence-corrected chi connectivity index (χ1v) is 14.6. The number of halogens is 8. The van der Waals surface area contributed by atoms with Gasteiger partial charge in [-0.15, -0.1) is 0 Å². The van der Waals surface area contributed by atoms with E-state index in [1.807, 2.05) is 13.8 Å². The highest BCUT2D eigenvalue weighted by Gasteiger charge is 2.60. The molecule has 254 valence electrons. The van der Waals surface area contributed by atoms with E-state index in [4.69, 9.17) is 15.2 Å². The molecule has 1 aliphatic carbocycles. The molecule has 0 bridgehead atoms. The van der Waals surface area contributed by atoms with Crippen molar-refractivity contribution in [2.45, 2.75) is 71.5 Å². The van der Waals surface area contributed by atoms with Crippen molar-refractivity contribution in [3.05, 3.63) is 28.8 Å². The topological polar surface area (TPSA) is 127 Å². The Balaban J connectivity index is 0.00000235. The van der Waals surface area contributed by atoms with Crippen LogP contribution in [0.5, 0.6) is 11.9 Å². The van der Waals surface area contributed by atoms with Gasteiger partial charge in [0, 0.05) is 24.1 Å². The van der Waals surface area contributed by atoms with Gasteiger partial charge in [-0.3, -0.25) is 0 Å². The zero-order valence-corrected chi connectivity index (χ0v) is 25.4. The van der Waals surface area contributed by atoms with Gasteiger partial charge in [-0.05, 0) is 51.3 Å². The first-order valence-electron chi connectivity index (χ1n) is 14.6. The summed E-state index contributed by atoms with van der Waals surface area (Å²) in [5.41, 5.74) is -1.51. The van der Waals surface area contributed by atoms with E-state index in [0.717, 1.165) is 6.92 Å². The maximum atomic E-state index is 16.4. The minimum Gasteiger partial charge on any atom is -0.474 e. The third-order valence-corrected chi connectivity index (χ3v) is 7.70. The van der Waals surface area contributed by atoms with Gasteiger partial charge in [-0.25, -0.2) is 13.8 Å². The van der Waals surface area contributed by atoms with E-state index in [1.54, 1.807) is 6.92 Å². The molecule has 1 saturated carbocycles. The maximum absolute atomic E-state index is 16.4. The summed E-state index contributed by atoms with van der Waals surface area (Å²) >= 11 is 0. The highest BCUT2D eigenvalue weighted by atomic mass is 19.4. The zero-order chi connectivity index (χ0) is 34.2. The number of pyridine rings is 1. The van der Waals surface area contributed by atoms with Crippen LogP contribution in [-0.2, 0) is 6.18 Å². The molecule has 1 aromatic carbocycles. The normalized spacial score (nSPS) is 18.8. The molecule has 5 N–H and O–H groups in total. The van der Waals surface area contributed by atoms with Crippen molar-refractivity contribution in [1.82, 2.24) is 20.3 Å². The predicted molar refractivity (Wildman–Crippen MR) is 153 cm³/mol. The second-order valence-corrected chi connectivity index (χ2v) is 11.0. The van der Waals surface area contributed by atoms with Crippen molar-refractivity contribution in [3.8, 4) is 23.1 Å². The lowest BCUT2D eigenvalue weighted by atomic mass is 9.96. The summed E-state index contributed by atoms with van der Waals surface area (Å²) in [4.78, 5) is 12.3. The van der Waals surface area contributed by atoms with Gasteiger partial charge >= 0.3 is 18.4 Å². The predicted octanol–water partition coefficient (Wildman–Crippen LogP) is 6.16. The lowest BCUT2D eigenvalue weighted by molar-refractivity contribution is -0.227. The van der Waals surface area contributed by atoms with Crippen molar-refractivity contribution in [2.24, 2.45) is 5.41 Å². The minimum absolute atomic E-state index is 0.0120. The van der Waals surface area contributed by atoms with Crippen LogP contribution in [0.1, 0.15) is 51.2 Å². The lowest BCUT2D eigenvalue weighted by Crippen LogP contribution is -2.40. The Bertz CT molecular complexity index is 1580. The molecular formula is C29H34F8N6O3. The van der Waals surface area contributed by atoms with Gasteiger partial charge in [0.2, 0.25) is 5.88 Å². The number of ether oxygens (including phenoxy) is 2. The number of nitrogens with two attached hydrogens (primary N) is 1. The standard InChI is InChI=1S/C27H28F8N6O3.C2H6/c1-11-3-6-37-7-8-38-21-15-20(40-24(41-21)43-10-25(4-5-25)23(42)27(33,34)35)18(29)19(39-22(15)44-11)13-9-14(36)17(28)12(2)16(13)26(30,31)32;1-2/h9,11,23,37,42H,3-8,10,36H2,1-2H3,(H,38,40,41);1-2H3. The van der Waals surface area contributed by atoms with Crippen LogP contribution >= 0.6 is 0 Å². The van der Waals surface area contributed by atoms with Crippen LogP contribution in [0.4, 0.5) is 46.6 Å². The fourth-order valence-corrected chi connectivity index (χ4v) is 5.11. The Kier molecular flexibility index (Phi) is 10.1. The molecule has 1 aliphatic heterocycles. The minimum atomic E-state index is -5.15. The monoisotopic (exact) mass is 666 g/mol. The average Bonchev–Trinajstić information content (AvgIpc) is 3.78. The van der Waals surface area contributed by atoms with Gasteiger partial charge in [0.05, 0.1) is 24.0 Å². The molecule has 0 radical (unpaired) electrons. The number of aliphatic hydroxyl groups is 1. The summed E-state index contributed by atoms with van der Waals surface area (Å²) in [5, 5.41) is 15.7. The first kappa shape index (κ1) is 35.1. The summed E-state index contributed by atoms with van der Waals surface area (Å²) in [6.07, 6.45) is -12.9. The van der Waals surface area contributed by atoms with Crippen molar-refractivity contribution in [2.75, 3.05) is 37.3 Å². The molecule has 0 amide bonds. The van der Waals surface area contributed by atoms with Gasteiger partial charge in [-0.1, -0.05) is 13.8 Å². The number of rotatable bonds is 5. The summed E-state index contributed by atoms with van der Waals surface area (Å²) in [7, 11) is 0. The smallest absolute Gasteiger partial charge is 0.417 e. The lowest BCUT2D eigenvalue weighted by Gasteiger charge is -2.24. The molecule has 0 saturated heterocycles. The van der Waals surface area contributed by atoms with Crippen LogP contribution in [0.15, 0.2) is 6.07 Å². The van der Waals surface area contributed by atoms with Gasteiger partial charge in [0.1, 0.15) is 28.2 Å². The molecule has 0 spiro atoms. The Labute approximate surface area is 258 Å². The summed E-state index contributed by atoms with van der Waals surface area (Å²) in [5.74, 6) is -3.19. The van der Waals surface area contributed by atoms with Crippen LogP contribution < -0.4 is 25.8 Å². The highest BCUT2D eigenvalue weighted by Crippen LogP contribution is 2.53. The average molecular weight is 667 g/mol. The second kappa shape index (κ2) is 13.2. The van der Waals surface area contributed by atoms with E-state index in [-0.39, 0.29) is 36.5 Å². The second-order valence-electron chi connectivity index (χ2n) is 11.0. The van der Waals surface area contributed by atoms with Gasteiger partial charge in [0.15, 0.2) is 11.9 Å². The van der Waals surface area contributed by atoms with E-state index in [1.165, 1.54) is 0 Å². The molecule has 46 heavy (non-hydrogen) atoms. The summed E-state index contributed by atoms with van der Waals surface area (Å²) < 4.78 is 125. The van der Waals surface area contributed by atoms with Crippen LogP contribution in [0.25, 0.3) is 22.2 Å². The van der Waals surface area contributed by atoms with Crippen molar-refractivity contribution < 1.29 is 49.7 Å². The van der Waals surface area contributed by atoms with E-state index in [9.17, 15) is 35.8 Å². The zero-order valence-electron chi connectivity index (χ0n) is 25.4. The first-order chi connectivity index (χ1) is 21.5. The number of hydrogen-bond acceptors (Lipinski definition) is 9. The molecule has 3 heterocycles. The molecule has 1 fully saturated rings. The van der Waals surface area contributed by atoms with Crippen LogP contribution in [0.2, 0.25) is 0 Å². The molecule has 5 rings (SSSR count). The summed E-state index contributed by atoms with van der Waals surface area (Å²) in [6, 6.07) is 0.00488. The number of aliphatic hydroxyl groups excluding tert-OH is 1. The van der Waals surface area contributed by atoms with E-state index in [0.29, 0.717) is 25.6 Å². The Morgan fingerprint density at radius 1 is 1.07 bits per heavy atom. The molecule has 2 atom stereocenters. The van der Waals surface area contributed by atoms with Crippen molar-refractivity contribution in [1.29, 1.82) is 0 Å². The molecule has 2 aromatic heterocycles. The van der Waals surface area contributed by atoms with Crippen molar-refractivity contribution >= 4 is 22.4 Å². The molecular weight excluding hydrogens is 632 g/mol. The largest absolute Gasteiger partial charge is 0.474 e. The quantitative estimate of drug-likeness (QED) is 0.187. The van der Waals surface area contributed by atoms with E-state index < -0.39 is 87.8 Å². The third kappa shape index (κ3) is 6.99. The molecule has 2 aliphatic rings. The number of nitrogens with one attached hydrogen (secondary N) is 2. The highest BCUT2D eigenvalue weighted by molar-refractivity contribution is 5.96. The summed E-state index contributed by atoms with van der Waals surface area (Å²) in [6.45, 7) is 6.92. The van der Waals surface area contributed by atoms with Crippen LogP contribution in [0.3, 0.4) is 0 Å². The number of nitrogen functional groups attached to an aromatic ring is 1. The Morgan fingerprint density at radius 3 is 2.35 bits per heavy atom. The third-order valence-electron chi connectivity index (χ3n) is 7.70. The Hall–Kier alpha value is -3.73.